The van der Waals surface area contributed by atoms with Gasteiger partial charge in [0.15, 0.2) is 0 Å². The Morgan fingerprint density at radius 3 is 2.25 bits per heavy atom. The third-order valence-corrected chi connectivity index (χ3v) is 3.15. The van der Waals surface area contributed by atoms with E-state index in [0.29, 0.717) is 10.7 Å². The van der Waals surface area contributed by atoms with Crippen LogP contribution in [-0.2, 0) is 0 Å². The Morgan fingerprint density at radius 2 is 1.92 bits per heavy atom. The van der Waals surface area contributed by atoms with Crippen LogP contribution in [0.1, 0.15) is 40.5 Å². The van der Waals surface area contributed by atoms with E-state index in [2.05, 4.69) is 41.8 Å². The summed E-state index contributed by atoms with van der Waals surface area (Å²) in [6.45, 7) is 11.8. The van der Waals surface area contributed by atoms with Crippen molar-refractivity contribution < 1.29 is 0 Å². The van der Waals surface area contributed by atoms with E-state index in [0.717, 1.165) is 0 Å². The van der Waals surface area contributed by atoms with Crippen LogP contribution in [0, 0.1) is 0 Å². The molecular formula is C10H22NP. The van der Waals surface area contributed by atoms with Crippen LogP contribution < -0.4 is 0 Å². The van der Waals surface area contributed by atoms with Crippen molar-refractivity contribution in [3.05, 3.63) is 0 Å². The number of likely N-dealkylation sites (tertiary alicyclic amines) is 1. The molecule has 2 atom stereocenters. The molecule has 1 saturated heterocycles. The van der Waals surface area contributed by atoms with Crippen LogP contribution in [0.4, 0.5) is 0 Å². The molecule has 0 N–H and O–H groups in total. The highest BCUT2D eigenvalue weighted by atomic mass is 31.0. The van der Waals surface area contributed by atoms with Crippen molar-refractivity contribution in [2.75, 3.05) is 13.1 Å². The van der Waals surface area contributed by atoms with Gasteiger partial charge in [-0.1, -0.05) is 6.92 Å². The molecule has 12 heavy (non-hydrogen) atoms. The van der Waals surface area contributed by atoms with Crippen LogP contribution >= 0.6 is 9.24 Å². The molecule has 1 aliphatic heterocycles. The minimum Gasteiger partial charge on any atom is -0.298 e. The third-order valence-electron chi connectivity index (χ3n) is 2.68. The van der Waals surface area contributed by atoms with Crippen LogP contribution in [0.5, 0.6) is 0 Å². The van der Waals surface area contributed by atoms with Gasteiger partial charge in [-0.15, -0.1) is 9.24 Å². The Bertz CT molecular complexity index is 154. The van der Waals surface area contributed by atoms with Crippen molar-refractivity contribution in [1.29, 1.82) is 0 Å². The molecule has 0 aromatic heterocycles. The van der Waals surface area contributed by atoms with Crippen molar-refractivity contribution in [2.45, 2.75) is 51.2 Å². The van der Waals surface area contributed by atoms with Crippen LogP contribution in [0.15, 0.2) is 0 Å². The summed E-state index contributed by atoms with van der Waals surface area (Å²) in [5.41, 5.74) is 0.345. The first-order valence-corrected chi connectivity index (χ1v) is 5.43. The largest absolute Gasteiger partial charge is 0.298 e. The second kappa shape index (κ2) is 3.27. The zero-order valence-electron chi connectivity index (χ0n) is 8.85. The highest BCUT2D eigenvalue weighted by molar-refractivity contribution is 7.19. The SMILES string of the molecule is CC1(P)CCCN(C(C)(C)C)C1. The average Bonchev–Trinajstić information content (AvgIpc) is 1.83. The molecule has 0 aromatic rings. The number of hydrogen-bond donors (Lipinski definition) is 0. The number of piperidine rings is 1. The fraction of sp³-hybridized carbons (Fsp3) is 1.00. The average molecular weight is 187 g/mol. The van der Waals surface area contributed by atoms with E-state index in [-0.39, 0.29) is 0 Å². The maximum atomic E-state index is 3.00. The molecule has 1 heterocycles. The van der Waals surface area contributed by atoms with Gasteiger partial charge in [-0.2, -0.15) is 0 Å². The zero-order chi connectivity index (χ0) is 9.41. The Labute approximate surface area is 79.1 Å². The van der Waals surface area contributed by atoms with Gasteiger partial charge in [0.2, 0.25) is 0 Å². The van der Waals surface area contributed by atoms with Gasteiger partial charge in [-0.05, 0) is 45.3 Å². The lowest BCUT2D eigenvalue weighted by Gasteiger charge is -2.45. The fourth-order valence-corrected chi connectivity index (χ4v) is 2.26. The summed E-state index contributed by atoms with van der Waals surface area (Å²) in [4.78, 5) is 2.59. The number of hydrogen-bond acceptors (Lipinski definition) is 1. The minimum atomic E-state index is 0.345. The maximum absolute atomic E-state index is 3.00. The lowest BCUT2D eigenvalue weighted by atomic mass is 9.94. The molecule has 2 heteroatoms. The second-order valence-corrected chi connectivity index (χ2v) is 6.74. The van der Waals surface area contributed by atoms with Gasteiger partial charge in [-0.25, -0.2) is 0 Å². The monoisotopic (exact) mass is 187 g/mol. The van der Waals surface area contributed by atoms with E-state index < -0.39 is 0 Å². The summed E-state index contributed by atoms with van der Waals surface area (Å²) in [5, 5.41) is 0.450. The smallest absolute Gasteiger partial charge is 0.0125 e. The predicted molar refractivity (Wildman–Crippen MR) is 58.7 cm³/mol. The third kappa shape index (κ3) is 2.71. The van der Waals surface area contributed by atoms with E-state index in [1.807, 2.05) is 0 Å². The quantitative estimate of drug-likeness (QED) is 0.527. The summed E-state index contributed by atoms with van der Waals surface area (Å²) in [6.07, 6.45) is 2.70. The van der Waals surface area contributed by atoms with Crippen molar-refractivity contribution >= 4 is 9.24 Å². The van der Waals surface area contributed by atoms with E-state index in [1.165, 1.54) is 25.9 Å². The zero-order valence-corrected chi connectivity index (χ0v) is 10.0. The van der Waals surface area contributed by atoms with Gasteiger partial charge < -0.3 is 0 Å². The Balaban J connectivity index is 2.58. The molecule has 0 aliphatic carbocycles. The van der Waals surface area contributed by atoms with Gasteiger partial charge in [0.1, 0.15) is 0 Å². The molecule has 1 nitrogen and oxygen atoms in total. The van der Waals surface area contributed by atoms with Crippen molar-refractivity contribution in [2.24, 2.45) is 0 Å². The summed E-state index contributed by atoms with van der Waals surface area (Å²) in [6, 6.07) is 0. The molecule has 0 aromatic carbocycles. The van der Waals surface area contributed by atoms with E-state index in [1.54, 1.807) is 0 Å². The molecule has 0 amide bonds. The van der Waals surface area contributed by atoms with Crippen molar-refractivity contribution in [1.82, 2.24) is 4.90 Å². The van der Waals surface area contributed by atoms with Crippen molar-refractivity contribution in [3.63, 3.8) is 0 Å². The predicted octanol–water partition coefficient (Wildman–Crippen LogP) is 2.51. The number of nitrogens with zero attached hydrogens (tertiary/aromatic N) is 1. The first-order chi connectivity index (χ1) is 5.31. The van der Waals surface area contributed by atoms with Crippen LogP contribution in [-0.4, -0.2) is 28.7 Å². The molecule has 1 rings (SSSR count). The molecule has 2 unspecified atom stereocenters. The van der Waals surface area contributed by atoms with E-state index in [4.69, 9.17) is 0 Å². The maximum Gasteiger partial charge on any atom is 0.0125 e. The molecule has 1 aliphatic rings. The number of rotatable bonds is 0. The summed E-state index contributed by atoms with van der Waals surface area (Å²) in [7, 11) is 3.00. The van der Waals surface area contributed by atoms with Gasteiger partial charge >= 0.3 is 0 Å². The molecule has 1 fully saturated rings. The topological polar surface area (TPSA) is 3.24 Å². The first-order valence-electron chi connectivity index (χ1n) is 4.85. The highest BCUT2D eigenvalue weighted by Gasteiger charge is 2.31. The van der Waals surface area contributed by atoms with Gasteiger partial charge in [0.25, 0.3) is 0 Å². The van der Waals surface area contributed by atoms with Gasteiger partial charge in [0, 0.05) is 12.1 Å². The molecule has 0 spiro atoms. The molecule has 72 valence electrons. The van der Waals surface area contributed by atoms with E-state index >= 15 is 0 Å². The lowest BCUT2D eigenvalue weighted by molar-refractivity contribution is 0.0943. The highest BCUT2D eigenvalue weighted by Crippen LogP contribution is 2.32. The second-order valence-electron chi connectivity index (χ2n) is 5.35. The van der Waals surface area contributed by atoms with Crippen LogP contribution in [0.3, 0.4) is 0 Å². The summed E-state index contributed by atoms with van der Waals surface area (Å²) >= 11 is 0. The van der Waals surface area contributed by atoms with Gasteiger partial charge in [-0.3, -0.25) is 4.90 Å². The van der Waals surface area contributed by atoms with E-state index in [9.17, 15) is 0 Å². The Morgan fingerprint density at radius 1 is 1.33 bits per heavy atom. The Kier molecular flexibility index (Phi) is 2.85. The molecular weight excluding hydrogens is 165 g/mol. The standard InChI is InChI=1S/C10H22NP/c1-9(2,3)11-7-5-6-10(4,12)8-11/h5-8,12H2,1-4H3. The molecule has 0 radical (unpaired) electrons. The minimum absolute atomic E-state index is 0.345. The van der Waals surface area contributed by atoms with Crippen molar-refractivity contribution in [3.8, 4) is 0 Å². The first kappa shape index (κ1) is 10.5. The van der Waals surface area contributed by atoms with Crippen LogP contribution in [0.25, 0.3) is 0 Å². The molecule has 0 bridgehead atoms. The van der Waals surface area contributed by atoms with Crippen LogP contribution in [0.2, 0.25) is 0 Å². The fourth-order valence-electron chi connectivity index (χ4n) is 1.84. The lowest BCUT2D eigenvalue weighted by Crippen LogP contribution is -2.51. The van der Waals surface area contributed by atoms with Gasteiger partial charge in [0.05, 0.1) is 0 Å². The summed E-state index contributed by atoms with van der Waals surface area (Å²) < 4.78 is 0. The summed E-state index contributed by atoms with van der Waals surface area (Å²) in [5.74, 6) is 0. The Hall–Kier alpha value is 0.390. The normalized spacial score (nSPS) is 33.8. The molecule has 0 saturated carbocycles.